The molecule has 98 valence electrons. The molecule has 0 aromatic rings. The highest BCUT2D eigenvalue weighted by molar-refractivity contribution is 14.1. The Kier molecular flexibility index (Phi) is 1.83. The van der Waals surface area contributed by atoms with Crippen molar-refractivity contribution >= 4 is 22.6 Å². The Morgan fingerprint density at radius 2 is 1.22 bits per heavy atom. The largest absolute Gasteiger partial charge is 0.0823 e. The first-order valence-electron chi connectivity index (χ1n) is 8.47. The van der Waals surface area contributed by atoms with Crippen molar-refractivity contribution in [1.29, 1.82) is 0 Å². The van der Waals surface area contributed by atoms with Crippen LogP contribution in [0.25, 0.3) is 0 Å². The fraction of sp³-hybridized carbons (Fsp3) is 1.00. The Morgan fingerprint density at radius 1 is 0.556 bits per heavy atom. The van der Waals surface area contributed by atoms with E-state index in [0.717, 1.165) is 9.84 Å². The Balaban J connectivity index is 1.45. The van der Waals surface area contributed by atoms with Crippen molar-refractivity contribution in [2.45, 2.75) is 42.4 Å². The van der Waals surface area contributed by atoms with E-state index in [1.165, 1.54) is 53.3 Å². The predicted molar refractivity (Wildman–Crippen MR) is 80.4 cm³/mol. The molecule has 6 aliphatic carbocycles. The van der Waals surface area contributed by atoms with Gasteiger partial charge in [-0.1, -0.05) is 22.6 Å². The molecular formula is C17H23I. The van der Waals surface area contributed by atoms with Crippen LogP contribution >= 0.6 is 22.6 Å². The summed E-state index contributed by atoms with van der Waals surface area (Å²) in [4.78, 5) is 0. The van der Waals surface area contributed by atoms with Crippen LogP contribution < -0.4 is 0 Å². The molecular weight excluding hydrogens is 331 g/mol. The highest BCUT2D eigenvalue weighted by atomic mass is 127. The highest BCUT2D eigenvalue weighted by Gasteiger charge is 2.71. The van der Waals surface area contributed by atoms with Crippen molar-refractivity contribution in [2.24, 2.45) is 59.2 Å². The van der Waals surface area contributed by atoms with Crippen LogP contribution in [0.5, 0.6) is 0 Å². The predicted octanol–water partition coefficient (Wildman–Crippen LogP) is 4.37. The molecule has 0 radical (unpaired) electrons. The first-order chi connectivity index (χ1) is 8.83. The lowest BCUT2D eigenvalue weighted by molar-refractivity contribution is 0.0293. The quantitative estimate of drug-likeness (QED) is 0.344. The Labute approximate surface area is 124 Å². The fourth-order valence-electron chi connectivity index (χ4n) is 8.71. The van der Waals surface area contributed by atoms with E-state index in [4.69, 9.17) is 0 Å². The average molecular weight is 354 g/mol. The van der Waals surface area contributed by atoms with Gasteiger partial charge in [-0.15, -0.1) is 0 Å². The summed E-state index contributed by atoms with van der Waals surface area (Å²) in [6, 6.07) is 0. The Hall–Kier alpha value is 0.730. The molecule has 1 heteroatoms. The van der Waals surface area contributed by atoms with Crippen molar-refractivity contribution < 1.29 is 0 Å². The minimum absolute atomic E-state index is 1.06. The molecule has 6 saturated carbocycles. The lowest BCUT2D eigenvalue weighted by Gasteiger charge is -2.46. The van der Waals surface area contributed by atoms with E-state index in [0.29, 0.717) is 0 Å². The zero-order chi connectivity index (χ0) is 11.6. The molecule has 0 spiro atoms. The Bertz CT molecular complexity index is 418. The number of hydrogen-bond acceptors (Lipinski definition) is 0. The number of hydrogen-bond donors (Lipinski definition) is 0. The second kappa shape index (κ2) is 3.14. The van der Waals surface area contributed by atoms with Crippen molar-refractivity contribution in [3.8, 4) is 0 Å². The highest BCUT2D eigenvalue weighted by Crippen LogP contribution is 2.76. The SMILES string of the molecule is IC1CC2CC1C1C3CC(C4C5CCC(C5)C34)C21. The molecule has 0 amide bonds. The van der Waals surface area contributed by atoms with Crippen LogP contribution in [-0.4, -0.2) is 3.92 Å². The first-order valence-corrected chi connectivity index (χ1v) is 9.71. The van der Waals surface area contributed by atoms with E-state index in [1.807, 2.05) is 0 Å². The summed E-state index contributed by atoms with van der Waals surface area (Å²) in [7, 11) is 0. The Morgan fingerprint density at radius 3 is 2.00 bits per heavy atom. The van der Waals surface area contributed by atoms with Gasteiger partial charge in [0.25, 0.3) is 0 Å². The summed E-state index contributed by atoms with van der Waals surface area (Å²) in [6.45, 7) is 0. The zero-order valence-electron chi connectivity index (χ0n) is 11.0. The maximum Gasteiger partial charge on any atom is 0.0144 e. The van der Waals surface area contributed by atoms with Gasteiger partial charge >= 0.3 is 0 Å². The van der Waals surface area contributed by atoms with Crippen LogP contribution in [-0.2, 0) is 0 Å². The number of fused-ring (bicyclic) bond motifs is 16. The summed E-state index contributed by atoms with van der Waals surface area (Å²) in [5.74, 6) is 12.1. The summed E-state index contributed by atoms with van der Waals surface area (Å²) in [5, 5.41) is 0. The van der Waals surface area contributed by atoms with Crippen LogP contribution in [0, 0.1) is 59.2 Å². The first kappa shape index (κ1) is 10.5. The lowest BCUT2D eigenvalue weighted by Crippen LogP contribution is -2.42. The molecule has 6 aliphatic rings. The molecule has 18 heavy (non-hydrogen) atoms. The van der Waals surface area contributed by atoms with Crippen LogP contribution in [0.2, 0.25) is 0 Å². The summed E-state index contributed by atoms with van der Waals surface area (Å²) < 4.78 is 1.06. The number of rotatable bonds is 0. The van der Waals surface area contributed by atoms with Gasteiger partial charge in [0.15, 0.2) is 0 Å². The minimum atomic E-state index is 1.06. The third-order valence-electron chi connectivity index (χ3n) is 8.62. The smallest absolute Gasteiger partial charge is 0.0144 e. The van der Waals surface area contributed by atoms with Gasteiger partial charge in [-0.25, -0.2) is 0 Å². The maximum absolute atomic E-state index is 2.81. The average Bonchev–Trinajstić information content (AvgIpc) is 3.14. The second-order valence-corrected chi connectivity index (χ2v) is 10.2. The van der Waals surface area contributed by atoms with Gasteiger partial charge in [-0.05, 0) is 97.7 Å². The zero-order valence-corrected chi connectivity index (χ0v) is 13.1. The van der Waals surface area contributed by atoms with E-state index >= 15 is 0 Å². The molecule has 11 atom stereocenters. The molecule has 11 unspecified atom stereocenters. The molecule has 0 N–H and O–H groups in total. The molecule has 6 fully saturated rings. The van der Waals surface area contributed by atoms with Crippen molar-refractivity contribution in [1.82, 2.24) is 0 Å². The molecule has 0 aromatic carbocycles. The molecule has 0 aromatic heterocycles. The molecule has 0 saturated heterocycles. The van der Waals surface area contributed by atoms with E-state index in [1.54, 1.807) is 38.5 Å². The van der Waals surface area contributed by atoms with Gasteiger partial charge in [-0.2, -0.15) is 0 Å². The summed E-state index contributed by atoms with van der Waals surface area (Å²) in [6.07, 6.45) is 9.83. The third-order valence-corrected chi connectivity index (χ3v) is 10.1. The van der Waals surface area contributed by atoms with Gasteiger partial charge in [0.2, 0.25) is 0 Å². The number of halogens is 1. The second-order valence-electron chi connectivity index (χ2n) is 8.62. The van der Waals surface area contributed by atoms with E-state index in [9.17, 15) is 0 Å². The van der Waals surface area contributed by atoms with Crippen LogP contribution in [0.1, 0.15) is 38.5 Å². The van der Waals surface area contributed by atoms with Gasteiger partial charge in [0.1, 0.15) is 0 Å². The summed E-state index contributed by atoms with van der Waals surface area (Å²) in [5.41, 5.74) is 0. The van der Waals surface area contributed by atoms with E-state index in [-0.39, 0.29) is 0 Å². The van der Waals surface area contributed by atoms with E-state index in [2.05, 4.69) is 22.6 Å². The normalized spacial score (nSPS) is 74.2. The van der Waals surface area contributed by atoms with Gasteiger partial charge in [0.05, 0.1) is 0 Å². The molecule has 0 heterocycles. The van der Waals surface area contributed by atoms with Gasteiger partial charge < -0.3 is 0 Å². The summed E-state index contributed by atoms with van der Waals surface area (Å²) >= 11 is 2.81. The third kappa shape index (κ3) is 0.958. The standard InChI is InChI=1S/C17H23I/c18-13-5-9-4-10(13)17-12-6-11(16(9)17)14-7-1-2-8(3-7)15(12)14/h7-17H,1-6H2. The van der Waals surface area contributed by atoms with Crippen molar-refractivity contribution in [2.75, 3.05) is 0 Å². The fourth-order valence-corrected chi connectivity index (χ4v) is 10.1. The topological polar surface area (TPSA) is 0 Å². The lowest BCUT2D eigenvalue weighted by atomic mass is 9.60. The van der Waals surface area contributed by atoms with Gasteiger partial charge in [-0.3, -0.25) is 0 Å². The maximum atomic E-state index is 2.81. The monoisotopic (exact) mass is 354 g/mol. The van der Waals surface area contributed by atoms with Crippen molar-refractivity contribution in [3.63, 3.8) is 0 Å². The molecule has 0 nitrogen and oxygen atoms in total. The van der Waals surface area contributed by atoms with Crippen molar-refractivity contribution in [3.05, 3.63) is 0 Å². The van der Waals surface area contributed by atoms with Crippen LogP contribution in [0.4, 0.5) is 0 Å². The van der Waals surface area contributed by atoms with Crippen LogP contribution in [0.3, 0.4) is 0 Å². The van der Waals surface area contributed by atoms with Crippen LogP contribution in [0.15, 0.2) is 0 Å². The molecule has 6 bridgehead atoms. The van der Waals surface area contributed by atoms with E-state index < -0.39 is 0 Å². The molecule has 6 rings (SSSR count). The molecule has 0 aliphatic heterocycles. The van der Waals surface area contributed by atoms with Gasteiger partial charge in [0, 0.05) is 3.92 Å². The number of alkyl halides is 1. The minimum Gasteiger partial charge on any atom is -0.0823 e.